The van der Waals surface area contributed by atoms with Crippen molar-refractivity contribution >= 4 is 29.4 Å². The molecule has 39 heavy (non-hydrogen) atoms. The quantitative estimate of drug-likeness (QED) is 0.425. The van der Waals surface area contributed by atoms with Crippen molar-refractivity contribution in [3.8, 4) is 6.07 Å². The van der Waals surface area contributed by atoms with Gasteiger partial charge in [-0.15, -0.1) is 20.4 Å². The molecule has 0 N–H and O–H groups in total. The van der Waals surface area contributed by atoms with Crippen molar-refractivity contribution < 1.29 is 32.2 Å². The first kappa shape index (κ1) is 29.2. The number of carbonyl (C=O) groups excluding carboxylic acids is 2. The maximum atomic E-state index is 12.8. The Morgan fingerprint density at radius 3 is 1.85 bits per heavy atom. The highest BCUT2D eigenvalue weighted by molar-refractivity contribution is 6.29. The van der Waals surface area contributed by atoms with Crippen molar-refractivity contribution in [1.29, 1.82) is 5.26 Å². The summed E-state index contributed by atoms with van der Waals surface area (Å²) in [6, 6.07) is 13.2. The molecule has 0 bridgehead atoms. The molecule has 0 aliphatic carbocycles. The number of piperidine rings is 1. The molecule has 10 nitrogen and oxygen atoms in total. The van der Waals surface area contributed by atoms with Gasteiger partial charge in [0, 0.05) is 13.1 Å². The molecule has 14 heteroatoms. The molecule has 1 fully saturated rings. The molecule has 0 atom stereocenters. The fraction of sp³-hybridized carbons (Fsp3) is 0.320. The number of benzene rings is 1. The summed E-state index contributed by atoms with van der Waals surface area (Å²) in [4.78, 5) is 24.1. The second-order valence-electron chi connectivity index (χ2n) is 8.26. The van der Waals surface area contributed by atoms with Crippen LogP contribution in [0.5, 0.6) is 0 Å². The number of nitrogens with zero attached hydrogens (tertiary/aromatic N) is 6. The normalized spacial score (nSPS) is 14.3. The van der Waals surface area contributed by atoms with Gasteiger partial charge < -0.3 is 14.4 Å². The van der Waals surface area contributed by atoms with Gasteiger partial charge in [0.2, 0.25) is 0 Å². The van der Waals surface area contributed by atoms with E-state index in [-0.39, 0.29) is 16.5 Å². The predicted octanol–water partition coefficient (Wildman–Crippen LogP) is 4.26. The van der Waals surface area contributed by atoms with Crippen LogP contribution < -0.4 is 4.90 Å². The first-order chi connectivity index (χ1) is 18.5. The van der Waals surface area contributed by atoms with E-state index in [9.17, 15) is 28.0 Å². The smallest absolute Gasteiger partial charge is 0.416 e. The number of halogens is 4. The number of rotatable bonds is 4. The molecule has 3 heterocycles. The third-order valence-electron chi connectivity index (χ3n) is 5.99. The van der Waals surface area contributed by atoms with E-state index in [1.807, 2.05) is 4.90 Å². The van der Waals surface area contributed by atoms with Gasteiger partial charge in [-0.25, -0.2) is 9.59 Å². The van der Waals surface area contributed by atoms with Crippen LogP contribution in [0.15, 0.2) is 48.5 Å². The average Bonchev–Trinajstić information content (AvgIpc) is 2.97. The summed E-state index contributed by atoms with van der Waals surface area (Å²) < 4.78 is 47.3. The molecule has 4 rings (SSSR count). The topological polar surface area (TPSA) is 131 Å². The van der Waals surface area contributed by atoms with Crippen LogP contribution >= 0.6 is 11.6 Å². The molecule has 0 radical (unpaired) electrons. The highest BCUT2D eigenvalue weighted by Gasteiger charge is 2.38. The SMILES string of the molecule is COC(=O)c1ccc(Cl)nn1.COC(=O)c1ccc(N2CCC(C#N)(c3ccc(C(F)(F)F)cc3)CC2)nn1. The number of esters is 2. The fourth-order valence-corrected chi connectivity index (χ4v) is 3.90. The van der Waals surface area contributed by atoms with E-state index in [0.717, 1.165) is 12.1 Å². The minimum absolute atomic E-state index is 0.0967. The average molecular weight is 563 g/mol. The standard InChI is InChI=1S/C19H17F3N4O2.C6H5ClN2O2/c1-28-17(27)15-6-7-16(25-24-15)26-10-8-18(12-23,9-11-26)13-2-4-14(5-3-13)19(20,21)22;1-11-6(10)4-2-3-5(7)9-8-4/h2-7H,8-11H2,1H3;2-3H,1H3. The van der Waals surface area contributed by atoms with Gasteiger partial charge in [0.1, 0.15) is 0 Å². The van der Waals surface area contributed by atoms with Crippen molar-refractivity contribution in [2.75, 3.05) is 32.2 Å². The van der Waals surface area contributed by atoms with Crippen molar-refractivity contribution in [3.05, 3.63) is 76.2 Å². The van der Waals surface area contributed by atoms with Gasteiger partial charge in [-0.05, 0) is 54.8 Å². The predicted molar refractivity (Wildman–Crippen MR) is 132 cm³/mol. The van der Waals surface area contributed by atoms with E-state index in [1.165, 1.54) is 44.6 Å². The second-order valence-corrected chi connectivity index (χ2v) is 8.64. The summed E-state index contributed by atoms with van der Waals surface area (Å²) >= 11 is 5.43. The first-order valence-electron chi connectivity index (χ1n) is 11.4. The Bertz CT molecular complexity index is 1320. The number of carbonyl (C=O) groups is 2. The Balaban J connectivity index is 0.000000320. The number of hydrogen-bond donors (Lipinski definition) is 0. The first-order valence-corrected chi connectivity index (χ1v) is 11.7. The fourth-order valence-electron chi connectivity index (χ4n) is 3.80. The number of anilines is 1. The summed E-state index contributed by atoms with van der Waals surface area (Å²) in [5.41, 5.74) is -0.756. The van der Waals surface area contributed by atoms with E-state index in [1.54, 1.807) is 6.07 Å². The lowest BCUT2D eigenvalue weighted by Gasteiger charge is -2.38. The molecule has 0 spiro atoms. The summed E-state index contributed by atoms with van der Waals surface area (Å²) in [6.07, 6.45) is -3.53. The third-order valence-corrected chi connectivity index (χ3v) is 6.19. The molecule has 0 amide bonds. The van der Waals surface area contributed by atoms with Crippen LogP contribution in [0.25, 0.3) is 0 Å². The summed E-state index contributed by atoms with van der Waals surface area (Å²) in [6.45, 7) is 0.974. The minimum atomic E-state index is -4.41. The van der Waals surface area contributed by atoms with Crippen LogP contribution in [0.4, 0.5) is 19.0 Å². The van der Waals surface area contributed by atoms with Gasteiger partial charge >= 0.3 is 18.1 Å². The Hall–Kier alpha value is -4.31. The van der Waals surface area contributed by atoms with E-state index in [2.05, 4.69) is 35.9 Å². The number of methoxy groups -OCH3 is 2. The third kappa shape index (κ3) is 7.17. The maximum Gasteiger partial charge on any atom is 0.416 e. The molecule has 3 aromatic rings. The maximum absolute atomic E-state index is 12.8. The zero-order chi connectivity index (χ0) is 28.6. The molecule has 1 aliphatic heterocycles. The van der Waals surface area contributed by atoms with Gasteiger partial charge in [-0.1, -0.05) is 23.7 Å². The van der Waals surface area contributed by atoms with E-state index >= 15 is 0 Å². The van der Waals surface area contributed by atoms with Crippen molar-refractivity contribution in [2.24, 2.45) is 0 Å². The molecule has 0 saturated carbocycles. The molecule has 204 valence electrons. The monoisotopic (exact) mass is 562 g/mol. The van der Waals surface area contributed by atoms with E-state index in [4.69, 9.17) is 11.6 Å². The summed E-state index contributed by atoms with van der Waals surface area (Å²) in [7, 11) is 2.53. The number of ether oxygens (including phenoxy) is 2. The molecule has 0 unspecified atom stereocenters. The zero-order valence-electron chi connectivity index (χ0n) is 20.8. The highest BCUT2D eigenvalue weighted by Crippen LogP contribution is 2.37. The Morgan fingerprint density at radius 2 is 1.44 bits per heavy atom. The lowest BCUT2D eigenvalue weighted by atomic mass is 9.74. The largest absolute Gasteiger partial charge is 0.464 e. The number of alkyl halides is 3. The molecule has 2 aromatic heterocycles. The lowest BCUT2D eigenvalue weighted by molar-refractivity contribution is -0.137. The van der Waals surface area contributed by atoms with Crippen LogP contribution in [0, 0.1) is 11.3 Å². The van der Waals surface area contributed by atoms with Gasteiger partial charge in [0.05, 0.1) is 31.3 Å². The second kappa shape index (κ2) is 12.5. The van der Waals surface area contributed by atoms with Gasteiger partial charge in [0.25, 0.3) is 0 Å². The Kier molecular flexibility index (Phi) is 9.37. The van der Waals surface area contributed by atoms with Crippen molar-refractivity contribution in [2.45, 2.75) is 24.4 Å². The number of hydrogen-bond acceptors (Lipinski definition) is 10. The van der Waals surface area contributed by atoms with Gasteiger partial charge in [-0.3, -0.25) is 0 Å². The van der Waals surface area contributed by atoms with Gasteiger partial charge in [0.15, 0.2) is 22.4 Å². The van der Waals surface area contributed by atoms with Crippen LogP contribution in [0.2, 0.25) is 5.15 Å². The minimum Gasteiger partial charge on any atom is -0.464 e. The molecule has 1 aromatic carbocycles. The lowest BCUT2D eigenvalue weighted by Crippen LogP contribution is -2.42. The summed E-state index contributed by atoms with van der Waals surface area (Å²) in [5.74, 6) is -0.538. The zero-order valence-corrected chi connectivity index (χ0v) is 21.5. The molecule has 1 saturated heterocycles. The van der Waals surface area contributed by atoms with Crippen LogP contribution in [-0.2, 0) is 21.1 Å². The molecular formula is C25H22ClF3N6O4. The summed E-state index contributed by atoms with van der Waals surface area (Å²) in [5, 5.41) is 24.8. The number of nitriles is 1. The van der Waals surface area contributed by atoms with Crippen LogP contribution in [0.1, 0.15) is 44.9 Å². The van der Waals surface area contributed by atoms with Crippen LogP contribution in [-0.4, -0.2) is 59.6 Å². The van der Waals surface area contributed by atoms with Crippen molar-refractivity contribution in [1.82, 2.24) is 20.4 Å². The van der Waals surface area contributed by atoms with Crippen molar-refractivity contribution in [3.63, 3.8) is 0 Å². The molecular weight excluding hydrogens is 541 g/mol. The van der Waals surface area contributed by atoms with Crippen LogP contribution in [0.3, 0.4) is 0 Å². The Morgan fingerprint density at radius 1 is 0.897 bits per heavy atom. The molecule has 1 aliphatic rings. The highest BCUT2D eigenvalue weighted by atomic mass is 35.5. The Labute approximate surface area is 226 Å². The number of aromatic nitrogens is 4. The van der Waals surface area contributed by atoms with E-state index in [0.29, 0.717) is 37.3 Å². The van der Waals surface area contributed by atoms with Gasteiger partial charge in [-0.2, -0.15) is 18.4 Å². The van der Waals surface area contributed by atoms with E-state index < -0.39 is 29.1 Å².